The molecule has 0 bridgehead atoms. The highest BCUT2D eigenvalue weighted by molar-refractivity contribution is 5.98. The number of ether oxygens (including phenoxy) is 3. The number of aliphatic imine (C=N–C) groups is 2. The normalized spacial score (nSPS) is 20.7. The molecule has 2 aliphatic heterocycles. The van der Waals surface area contributed by atoms with Gasteiger partial charge in [-0.15, -0.1) is 0 Å². The highest BCUT2D eigenvalue weighted by Crippen LogP contribution is 2.27. The second-order valence-corrected chi connectivity index (χ2v) is 8.36. The number of anilines is 1. The van der Waals surface area contributed by atoms with Crippen molar-refractivity contribution in [3.05, 3.63) is 47.8 Å². The van der Waals surface area contributed by atoms with E-state index in [-0.39, 0.29) is 12.1 Å². The van der Waals surface area contributed by atoms with Gasteiger partial charge in [-0.05, 0) is 36.1 Å². The number of pyridine rings is 1. The van der Waals surface area contributed by atoms with Gasteiger partial charge >= 0.3 is 0 Å². The second kappa shape index (κ2) is 8.34. The van der Waals surface area contributed by atoms with Gasteiger partial charge in [-0.3, -0.25) is 0 Å². The van der Waals surface area contributed by atoms with Crippen molar-refractivity contribution in [2.24, 2.45) is 21.8 Å². The highest BCUT2D eigenvalue weighted by atomic mass is 16.5. The molecule has 3 heterocycles. The van der Waals surface area contributed by atoms with Crippen LogP contribution in [0.25, 0.3) is 0 Å². The molecule has 0 fully saturated rings. The molecule has 0 radical (unpaired) electrons. The van der Waals surface area contributed by atoms with Gasteiger partial charge in [0.05, 0.1) is 12.1 Å². The summed E-state index contributed by atoms with van der Waals surface area (Å²) < 4.78 is 17.8. The summed E-state index contributed by atoms with van der Waals surface area (Å²) in [4.78, 5) is 14.1. The van der Waals surface area contributed by atoms with Gasteiger partial charge in [-0.1, -0.05) is 27.7 Å². The summed E-state index contributed by atoms with van der Waals surface area (Å²) in [6, 6.07) is 11.2. The van der Waals surface area contributed by atoms with Crippen LogP contribution < -0.4 is 10.5 Å². The molecule has 0 spiro atoms. The maximum absolute atomic E-state index is 6.07. The summed E-state index contributed by atoms with van der Waals surface area (Å²) in [5, 5.41) is 0. The van der Waals surface area contributed by atoms with E-state index >= 15 is 0 Å². The van der Waals surface area contributed by atoms with Crippen molar-refractivity contribution in [2.45, 2.75) is 39.8 Å². The number of hydrogen-bond donors (Lipinski definition) is 1. The van der Waals surface area contributed by atoms with E-state index in [1.165, 1.54) is 0 Å². The van der Waals surface area contributed by atoms with Gasteiger partial charge in [0.2, 0.25) is 11.8 Å². The zero-order valence-corrected chi connectivity index (χ0v) is 17.8. The van der Waals surface area contributed by atoms with E-state index in [9.17, 15) is 0 Å². The summed E-state index contributed by atoms with van der Waals surface area (Å²) in [5.41, 5.74) is 7.68. The quantitative estimate of drug-likeness (QED) is 0.728. The smallest absolute Gasteiger partial charge is 0.235 e. The Morgan fingerprint density at radius 1 is 0.833 bits per heavy atom. The molecule has 0 saturated carbocycles. The predicted molar refractivity (Wildman–Crippen MR) is 117 cm³/mol. The van der Waals surface area contributed by atoms with Crippen LogP contribution >= 0.6 is 0 Å². The van der Waals surface area contributed by atoms with Crippen LogP contribution in [0.5, 0.6) is 11.5 Å². The zero-order chi connectivity index (χ0) is 21.3. The molecule has 1 aromatic heterocycles. The van der Waals surface area contributed by atoms with Gasteiger partial charge in [0.25, 0.3) is 0 Å². The summed E-state index contributed by atoms with van der Waals surface area (Å²) in [7, 11) is 0. The lowest BCUT2D eigenvalue weighted by Gasteiger charge is -2.10. The number of hydrogen-bond acceptors (Lipinski definition) is 7. The van der Waals surface area contributed by atoms with E-state index < -0.39 is 0 Å². The molecule has 0 aliphatic carbocycles. The minimum absolute atomic E-state index is 0.123. The molecule has 7 heteroatoms. The molecule has 0 amide bonds. The fourth-order valence-corrected chi connectivity index (χ4v) is 3.20. The highest BCUT2D eigenvalue weighted by Gasteiger charge is 2.27. The molecule has 0 saturated heterocycles. The minimum atomic E-state index is 0.123. The Balaban J connectivity index is 1.70. The average Bonchev–Trinajstić information content (AvgIpc) is 3.40. The fourth-order valence-electron chi connectivity index (χ4n) is 3.20. The summed E-state index contributed by atoms with van der Waals surface area (Å²) in [6.45, 7) is 9.64. The van der Waals surface area contributed by atoms with E-state index in [0.717, 1.165) is 0 Å². The Morgan fingerprint density at radius 3 is 1.77 bits per heavy atom. The number of benzene rings is 1. The van der Waals surface area contributed by atoms with Crippen LogP contribution in [0.15, 0.2) is 46.4 Å². The molecule has 4 rings (SSSR count). The SMILES string of the molecule is CC(C)[C@H]1COC(c2cc(Oc3ccc(N)cc3)cc(C3=N[C@@H](C(C)C)CO3)n2)=N1. The molecule has 7 nitrogen and oxygen atoms in total. The lowest BCUT2D eigenvalue weighted by Crippen LogP contribution is -2.13. The first-order chi connectivity index (χ1) is 14.4. The maximum atomic E-state index is 6.07. The standard InChI is InChI=1S/C23H28N4O3/c1-13(2)20-11-28-22(26-20)18-9-17(30-16-7-5-15(24)6-8-16)10-19(25-18)23-27-21(12-29-23)14(3)4/h5-10,13-14,20-21H,11-12,24H2,1-4H3/t20-,21-/m1/s1. The van der Waals surface area contributed by atoms with Crippen molar-refractivity contribution >= 4 is 17.5 Å². The molecule has 2 N–H and O–H groups in total. The molecule has 0 unspecified atom stereocenters. The van der Waals surface area contributed by atoms with Gasteiger partial charge in [-0.2, -0.15) is 0 Å². The van der Waals surface area contributed by atoms with Crippen LogP contribution in [0.4, 0.5) is 5.69 Å². The third-order valence-corrected chi connectivity index (χ3v) is 5.24. The van der Waals surface area contributed by atoms with Crippen molar-refractivity contribution in [1.82, 2.24) is 4.98 Å². The summed E-state index contributed by atoms with van der Waals surface area (Å²) in [5.74, 6) is 3.12. The number of nitrogens with two attached hydrogens (primary N) is 1. The van der Waals surface area contributed by atoms with Crippen molar-refractivity contribution in [1.29, 1.82) is 0 Å². The lowest BCUT2D eigenvalue weighted by atomic mass is 10.1. The van der Waals surface area contributed by atoms with Gasteiger partial charge in [0.15, 0.2) is 0 Å². The first kappa shape index (κ1) is 20.2. The van der Waals surface area contributed by atoms with E-state index in [1.807, 2.05) is 24.3 Å². The monoisotopic (exact) mass is 408 g/mol. The van der Waals surface area contributed by atoms with Gasteiger partial charge in [-0.25, -0.2) is 15.0 Å². The Labute approximate surface area is 177 Å². The Hall–Kier alpha value is -3.09. The number of nitrogen functional groups attached to an aromatic ring is 1. The molecule has 158 valence electrons. The zero-order valence-electron chi connectivity index (χ0n) is 17.8. The van der Waals surface area contributed by atoms with Crippen LogP contribution in [0, 0.1) is 11.8 Å². The lowest BCUT2D eigenvalue weighted by molar-refractivity contribution is 0.290. The molecule has 2 aromatic rings. The third kappa shape index (κ3) is 4.40. The molecule has 2 aliphatic rings. The first-order valence-electron chi connectivity index (χ1n) is 10.4. The fraction of sp³-hybridized carbons (Fsp3) is 0.435. The molecule has 2 atom stereocenters. The molecule has 30 heavy (non-hydrogen) atoms. The van der Waals surface area contributed by atoms with E-state index in [0.29, 0.717) is 65.4 Å². The number of nitrogens with zero attached hydrogens (tertiary/aromatic N) is 3. The topological polar surface area (TPSA) is 91.3 Å². The average molecular weight is 409 g/mol. The first-order valence-corrected chi connectivity index (χ1v) is 10.4. The predicted octanol–water partition coefficient (Wildman–Crippen LogP) is 4.06. The van der Waals surface area contributed by atoms with Crippen molar-refractivity contribution in [2.75, 3.05) is 18.9 Å². The minimum Gasteiger partial charge on any atom is -0.474 e. The third-order valence-electron chi connectivity index (χ3n) is 5.24. The summed E-state index contributed by atoms with van der Waals surface area (Å²) in [6.07, 6.45) is 0. The Bertz CT molecular complexity index is 915. The van der Waals surface area contributed by atoms with Gasteiger partial charge < -0.3 is 19.9 Å². The number of aromatic nitrogens is 1. The maximum Gasteiger partial charge on any atom is 0.235 e. The number of rotatable bonds is 6. The van der Waals surface area contributed by atoms with E-state index in [1.54, 1.807) is 12.1 Å². The largest absolute Gasteiger partial charge is 0.474 e. The van der Waals surface area contributed by atoms with E-state index in [4.69, 9.17) is 34.9 Å². The van der Waals surface area contributed by atoms with Gasteiger partial charge in [0.1, 0.15) is 36.1 Å². The van der Waals surface area contributed by atoms with Crippen LogP contribution in [-0.4, -0.2) is 42.1 Å². The second-order valence-electron chi connectivity index (χ2n) is 8.36. The van der Waals surface area contributed by atoms with Crippen LogP contribution in [-0.2, 0) is 9.47 Å². The van der Waals surface area contributed by atoms with Crippen LogP contribution in [0.2, 0.25) is 0 Å². The van der Waals surface area contributed by atoms with Crippen molar-refractivity contribution in [3.8, 4) is 11.5 Å². The van der Waals surface area contributed by atoms with Crippen LogP contribution in [0.3, 0.4) is 0 Å². The van der Waals surface area contributed by atoms with Gasteiger partial charge in [0, 0.05) is 17.8 Å². The molecular weight excluding hydrogens is 380 g/mol. The van der Waals surface area contributed by atoms with E-state index in [2.05, 4.69) is 27.7 Å². The molecular formula is C23H28N4O3. The Morgan fingerprint density at radius 2 is 1.33 bits per heavy atom. The van der Waals surface area contributed by atoms with Crippen LogP contribution in [0.1, 0.15) is 39.1 Å². The Kier molecular flexibility index (Phi) is 5.61. The molecule has 1 aromatic carbocycles. The van der Waals surface area contributed by atoms with Crippen molar-refractivity contribution in [3.63, 3.8) is 0 Å². The summed E-state index contributed by atoms with van der Waals surface area (Å²) >= 11 is 0. The van der Waals surface area contributed by atoms with Crippen molar-refractivity contribution < 1.29 is 14.2 Å².